The van der Waals surface area contributed by atoms with Gasteiger partial charge in [-0.1, -0.05) is 22.6 Å². The summed E-state index contributed by atoms with van der Waals surface area (Å²) in [5, 5.41) is 0. The van der Waals surface area contributed by atoms with Gasteiger partial charge >= 0.3 is 18.3 Å². The molecule has 0 saturated heterocycles. The first kappa shape index (κ1) is 14.2. The highest BCUT2D eigenvalue weighted by Gasteiger charge is 2.63. The molecular weight excluding hydrogens is 339 g/mol. The molecular formula is C5H3F8I. The topological polar surface area (TPSA) is 0 Å². The molecule has 0 aromatic carbocycles. The summed E-state index contributed by atoms with van der Waals surface area (Å²) in [7, 11) is 0. The highest BCUT2D eigenvalue weighted by molar-refractivity contribution is 14.1. The van der Waals surface area contributed by atoms with E-state index in [0.717, 1.165) is 0 Å². The van der Waals surface area contributed by atoms with Gasteiger partial charge in [-0.15, -0.1) is 0 Å². The van der Waals surface area contributed by atoms with E-state index in [1.54, 1.807) is 0 Å². The van der Waals surface area contributed by atoms with Crippen LogP contribution in [0.1, 0.15) is 6.42 Å². The average Bonchev–Trinajstić information content (AvgIpc) is 1.80. The van der Waals surface area contributed by atoms with Gasteiger partial charge in [0.2, 0.25) is 0 Å². The van der Waals surface area contributed by atoms with Crippen molar-refractivity contribution in [3.8, 4) is 0 Å². The van der Waals surface area contributed by atoms with E-state index < -0.39 is 28.6 Å². The molecule has 0 radical (unpaired) electrons. The molecule has 0 rings (SSSR count). The van der Waals surface area contributed by atoms with Crippen LogP contribution in [0.25, 0.3) is 0 Å². The van der Waals surface area contributed by atoms with Gasteiger partial charge in [0.1, 0.15) is 0 Å². The van der Waals surface area contributed by atoms with E-state index in [4.69, 9.17) is 0 Å². The van der Waals surface area contributed by atoms with Crippen molar-refractivity contribution in [3.63, 3.8) is 0 Å². The largest absolute Gasteiger partial charge is 0.454 e. The van der Waals surface area contributed by atoms with Crippen molar-refractivity contribution in [2.75, 3.05) is 0 Å². The first-order chi connectivity index (χ1) is 5.88. The molecule has 0 aromatic rings. The van der Waals surface area contributed by atoms with Crippen molar-refractivity contribution in [2.45, 2.75) is 28.6 Å². The lowest BCUT2D eigenvalue weighted by Crippen LogP contribution is -2.45. The van der Waals surface area contributed by atoms with Crippen molar-refractivity contribution in [2.24, 2.45) is 0 Å². The molecule has 0 heterocycles. The Morgan fingerprint density at radius 1 is 0.857 bits per heavy atom. The summed E-state index contributed by atoms with van der Waals surface area (Å²) >= 11 is 0.445. The minimum Gasteiger partial charge on any atom is -0.195 e. The molecule has 0 aliphatic rings. The Balaban J connectivity index is 4.61. The molecule has 86 valence electrons. The maximum absolute atomic E-state index is 12.2. The lowest BCUT2D eigenvalue weighted by Gasteiger charge is -2.25. The van der Waals surface area contributed by atoms with Crippen molar-refractivity contribution in [1.29, 1.82) is 0 Å². The minimum atomic E-state index is -5.95. The van der Waals surface area contributed by atoms with Crippen LogP contribution >= 0.6 is 22.6 Å². The highest BCUT2D eigenvalue weighted by atomic mass is 127. The van der Waals surface area contributed by atoms with Crippen molar-refractivity contribution < 1.29 is 35.1 Å². The molecule has 0 fully saturated rings. The Morgan fingerprint density at radius 2 is 1.21 bits per heavy atom. The average molecular weight is 342 g/mol. The van der Waals surface area contributed by atoms with Gasteiger partial charge in [0.05, 0.1) is 10.3 Å². The summed E-state index contributed by atoms with van der Waals surface area (Å²) in [5.41, 5.74) is 0. The van der Waals surface area contributed by atoms with Gasteiger partial charge in [-0.05, 0) is 0 Å². The Morgan fingerprint density at radius 3 is 1.43 bits per heavy atom. The molecule has 0 aromatic heterocycles. The predicted molar refractivity (Wildman–Crippen MR) is 39.5 cm³/mol. The molecule has 0 amide bonds. The summed E-state index contributed by atoms with van der Waals surface area (Å²) in [4.78, 5) is 0. The quantitative estimate of drug-likeness (QED) is 0.405. The molecule has 0 spiro atoms. The van der Waals surface area contributed by atoms with Crippen molar-refractivity contribution in [1.82, 2.24) is 0 Å². The van der Waals surface area contributed by atoms with Gasteiger partial charge in [0.15, 0.2) is 0 Å². The van der Waals surface area contributed by atoms with Gasteiger partial charge in [-0.25, -0.2) is 0 Å². The Bertz CT molecular complexity index is 191. The second kappa shape index (κ2) is 3.97. The fourth-order valence-electron chi connectivity index (χ4n) is 0.509. The standard InChI is InChI=1S/C5H3F8I/c6-3(7,8)1-2(14)4(9,10)5(11,12)13/h2H,1H2. The SMILES string of the molecule is FC(F)(F)CC(I)C(F)(F)C(F)(F)F. The minimum absolute atomic E-state index is 0.445. The van der Waals surface area contributed by atoms with E-state index in [1.807, 2.05) is 0 Å². The zero-order valence-electron chi connectivity index (χ0n) is 6.19. The van der Waals surface area contributed by atoms with Crippen LogP contribution in [0.15, 0.2) is 0 Å². The lowest BCUT2D eigenvalue weighted by molar-refractivity contribution is -0.285. The van der Waals surface area contributed by atoms with E-state index in [1.165, 1.54) is 0 Å². The molecule has 1 atom stereocenters. The van der Waals surface area contributed by atoms with Crippen LogP contribution in [0, 0.1) is 0 Å². The molecule has 0 nitrogen and oxygen atoms in total. The van der Waals surface area contributed by atoms with Crippen LogP contribution in [-0.4, -0.2) is 22.2 Å². The van der Waals surface area contributed by atoms with E-state index in [-0.39, 0.29) is 0 Å². The second-order valence-electron chi connectivity index (χ2n) is 2.41. The van der Waals surface area contributed by atoms with Crippen LogP contribution in [0.3, 0.4) is 0 Å². The van der Waals surface area contributed by atoms with Crippen LogP contribution in [0.5, 0.6) is 0 Å². The second-order valence-corrected chi connectivity index (χ2v) is 3.91. The lowest BCUT2D eigenvalue weighted by atomic mass is 10.2. The summed E-state index contributed by atoms with van der Waals surface area (Å²) in [6.07, 6.45) is -13.2. The molecule has 0 saturated carbocycles. The maximum Gasteiger partial charge on any atom is 0.454 e. The van der Waals surface area contributed by atoms with Crippen LogP contribution < -0.4 is 0 Å². The van der Waals surface area contributed by atoms with Gasteiger partial charge in [0, 0.05) is 0 Å². The fraction of sp³-hybridized carbons (Fsp3) is 1.00. The fourth-order valence-corrected chi connectivity index (χ4v) is 1.36. The number of halogens is 9. The highest BCUT2D eigenvalue weighted by Crippen LogP contribution is 2.44. The van der Waals surface area contributed by atoms with Gasteiger partial charge < -0.3 is 0 Å². The van der Waals surface area contributed by atoms with E-state index in [2.05, 4.69) is 0 Å². The first-order valence-corrected chi connectivity index (χ1v) is 4.28. The Kier molecular flexibility index (Phi) is 4.02. The maximum atomic E-state index is 12.2. The van der Waals surface area contributed by atoms with E-state index in [0.29, 0.717) is 22.6 Å². The Labute approximate surface area is 86.8 Å². The van der Waals surface area contributed by atoms with Gasteiger partial charge in [0.25, 0.3) is 0 Å². The molecule has 9 heteroatoms. The number of hydrogen-bond acceptors (Lipinski definition) is 0. The zero-order valence-corrected chi connectivity index (χ0v) is 8.34. The number of rotatable bonds is 2. The summed E-state index contributed by atoms with van der Waals surface area (Å²) in [6, 6.07) is 0. The molecule has 0 aliphatic carbocycles. The number of alkyl halides is 9. The van der Waals surface area contributed by atoms with Crippen LogP contribution in [0.4, 0.5) is 35.1 Å². The summed E-state index contributed by atoms with van der Waals surface area (Å²) in [5.74, 6) is -5.33. The van der Waals surface area contributed by atoms with Gasteiger partial charge in [-0.2, -0.15) is 35.1 Å². The third-order valence-corrected chi connectivity index (χ3v) is 2.40. The van der Waals surface area contributed by atoms with Gasteiger partial charge in [-0.3, -0.25) is 0 Å². The summed E-state index contributed by atoms with van der Waals surface area (Å²) < 4.78 is 90.8. The number of hydrogen-bond donors (Lipinski definition) is 0. The van der Waals surface area contributed by atoms with Crippen molar-refractivity contribution in [3.05, 3.63) is 0 Å². The van der Waals surface area contributed by atoms with E-state index >= 15 is 0 Å². The predicted octanol–water partition coefficient (Wildman–Crippen LogP) is 3.94. The molecule has 1 unspecified atom stereocenters. The van der Waals surface area contributed by atoms with Crippen LogP contribution in [0.2, 0.25) is 0 Å². The molecule has 0 aliphatic heterocycles. The zero-order chi connectivity index (χ0) is 11.8. The monoisotopic (exact) mass is 342 g/mol. The first-order valence-electron chi connectivity index (χ1n) is 3.03. The normalized spacial score (nSPS) is 16.9. The third kappa shape index (κ3) is 3.73. The van der Waals surface area contributed by atoms with E-state index in [9.17, 15) is 35.1 Å². The third-order valence-electron chi connectivity index (χ3n) is 1.18. The van der Waals surface area contributed by atoms with Crippen LogP contribution in [-0.2, 0) is 0 Å². The Hall–Kier alpha value is 0.170. The smallest absolute Gasteiger partial charge is 0.195 e. The summed E-state index contributed by atoms with van der Waals surface area (Å²) in [6.45, 7) is 0. The molecule has 0 bridgehead atoms. The molecule has 0 N–H and O–H groups in total. The molecule has 14 heavy (non-hydrogen) atoms. The van der Waals surface area contributed by atoms with Crippen molar-refractivity contribution >= 4 is 22.6 Å².